The quantitative estimate of drug-likeness (QED) is 0.466. The standard InChI is InChI=1S/C6H12N/c1-4-5-6(2)7-3/h4H,5H2,1-3H3/b7-6-. The first-order valence-electron chi connectivity index (χ1n) is 2.51. The summed E-state index contributed by atoms with van der Waals surface area (Å²) in [5, 5.41) is 0. The Bertz CT molecular complexity index is 64.6. The van der Waals surface area contributed by atoms with Crippen molar-refractivity contribution in [3.63, 3.8) is 0 Å². The van der Waals surface area contributed by atoms with E-state index in [0.29, 0.717) is 0 Å². The van der Waals surface area contributed by atoms with Crippen LogP contribution in [0.3, 0.4) is 0 Å². The van der Waals surface area contributed by atoms with Crippen LogP contribution in [0.4, 0.5) is 0 Å². The molecule has 41 valence electrons. The number of hydrogen-bond donors (Lipinski definition) is 0. The van der Waals surface area contributed by atoms with Crippen molar-refractivity contribution in [2.75, 3.05) is 7.05 Å². The first kappa shape index (κ1) is 6.67. The highest BCUT2D eigenvalue weighted by Gasteiger charge is 1.82. The molecule has 0 aromatic carbocycles. The van der Waals surface area contributed by atoms with E-state index in [-0.39, 0.29) is 0 Å². The molecule has 0 aliphatic carbocycles. The maximum Gasteiger partial charge on any atom is 0.0276 e. The lowest BCUT2D eigenvalue weighted by Gasteiger charge is -1.89. The molecule has 1 heteroatoms. The van der Waals surface area contributed by atoms with Crippen molar-refractivity contribution in [2.45, 2.75) is 20.3 Å². The Hall–Kier alpha value is -0.330. The molecule has 0 atom stereocenters. The molecule has 0 fully saturated rings. The van der Waals surface area contributed by atoms with Gasteiger partial charge in [0.2, 0.25) is 0 Å². The van der Waals surface area contributed by atoms with Crippen molar-refractivity contribution in [3.05, 3.63) is 6.42 Å². The number of aliphatic imine (C=N–C) groups is 1. The van der Waals surface area contributed by atoms with Gasteiger partial charge in [-0.05, 0) is 19.8 Å². The zero-order valence-electron chi connectivity index (χ0n) is 5.23. The second kappa shape index (κ2) is 3.85. The molecule has 0 spiro atoms. The van der Waals surface area contributed by atoms with Crippen molar-refractivity contribution in [2.24, 2.45) is 4.99 Å². The predicted octanol–water partition coefficient (Wildman–Crippen LogP) is 1.69. The monoisotopic (exact) mass is 98.1 g/mol. The molecule has 0 unspecified atom stereocenters. The van der Waals surface area contributed by atoms with Gasteiger partial charge in [-0.3, -0.25) is 4.99 Å². The summed E-state index contributed by atoms with van der Waals surface area (Å²) in [4.78, 5) is 3.96. The SMILES string of the molecule is C[CH]C/C(C)=N\C. The topological polar surface area (TPSA) is 12.4 Å². The maximum atomic E-state index is 3.96. The van der Waals surface area contributed by atoms with Gasteiger partial charge in [-0.2, -0.15) is 0 Å². The largest absolute Gasteiger partial charge is 0.298 e. The lowest BCUT2D eigenvalue weighted by molar-refractivity contribution is 1.22. The van der Waals surface area contributed by atoms with Gasteiger partial charge in [-0.1, -0.05) is 6.92 Å². The van der Waals surface area contributed by atoms with Crippen molar-refractivity contribution in [3.8, 4) is 0 Å². The highest BCUT2D eigenvalue weighted by atomic mass is 14.7. The van der Waals surface area contributed by atoms with E-state index in [0.717, 1.165) is 6.42 Å². The molecule has 1 radical (unpaired) electrons. The molecule has 0 saturated heterocycles. The van der Waals surface area contributed by atoms with E-state index >= 15 is 0 Å². The average molecular weight is 98.2 g/mol. The molecule has 0 aromatic heterocycles. The van der Waals surface area contributed by atoms with E-state index < -0.39 is 0 Å². The lowest BCUT2D eigenvalue weighted by atomic mass is 10.2. The Balaban J connectivity index is 3.17. The second-order valence-electron chi connectivity index (χ2n) is 1.57. The average Bonchev–Trinajstić information content (AvgIpc) is 1.68. The van der Waals surface area contributed by atoms with E-state index in [1.807, 2.05) is 20.9 Å². The molecule has 0 aliphatic heterocycles. The van der Waals surface area contributed by atoms with Crippen LogP contribution < -0.4 is 0 Å². The fourth-order valence-corrected chi connectivity index (χ4v) is 0.387. The number of nitrogens with zero attached hydrogens (tertiary/aromatic N) is 1. The third-order valence-electron chi connectivity index (χ3n) is 0.881. The molecule has 0 amide bonds. The molecule has 1 nitrogen and oxygen atoms in total. The van der Waals surface area contributed by atoms with Crippen molar-refractivity contribution in [1.29, 1.82) is 0 Å². The molecular weight excluding hydrogens is 86.1 g/mol. The molecule has 0 aliphatic rings. The van der Waals surface area contributed by atoms with Gasteiger partial charge in [0.15, 0.2) is 0 Å². The number of hydrogen-bond acceptors (Lipinski definition) is 1. The van der Waals surface area contributed by atoms with Crippen LogP contribution in [0.2, 0.25) is 0 Å². The van der Waals surface area contributed by atoms with Gasteiger partial charge in [0.25, 0.3) is 0 Å². The van der Waals surface area contributed by atoms with Gasteiger partial charge in [0.1, 0.15) is 0 Å². The Morgan fingerprint density at radius 1 is 1.71 bits per heavy atom. The van der Waals surface area contributed by atoms with Crippen molar-refractivity contribution >= 4 is 5.71 Å². The van der Waals surface area contributed by atoms with Crippen LogP contribution in [0.1, 0.15) is 20.3 Å². The normalized spacial score (nSPS) is 12.1. The van der Waals surface area contributed by atoms with Crippen molar-refractivity contribution in [1.82, 2.24) is 0 Å². The summed E-state index contributed by atoms with van der Waals surface area (Å²) >= 11 is 0. The molecule has 0 N–H and O–H groups in total. The van der Waals surface area contributed by atoms with Gasteiger partial charge in [-0.25, -0.2) is 0 Å². The van der Waals surface area contributed by atoms with Crippen molar-refractivity contribution < 1.29 is 0 Å². The van der Waals surface area contributed by atoms with Gasteiger partial charge in [0.05, 0.1) is 0 Å². The van der Waals surface area contributed by atoms with Crippen LogP contribution in [0.5, 0.6) is 0 Å². The molecule has 0 heterocycles. The Kier molecular flexibility index (Phi) is 3.67. The van der Waals surface area contributed by atoms with E-state index in [9.17, 15) is 0 Å². The first-order chi connectivity index (χ1) is 3.31. The smallest absolute Gasteiger partial charge is 0.0276 e. The summed E-state index contributed by atoms with van der Waals surface area (Å²) in [6.07, 6.45) is 3.12. The summed E-state index contributed by atoms with van der Waals surface area (Å²) in [5.74, 6) is 0. The molecule has 7 heavy (non-hydrogen) atoms. The third-order valence-corrected chi connectivity index (χ3v) is 0.881. The Morgan fingerprint density at radius 2 is 2.29 bits per heavy atom. The first-order valence-corrected chi connectivity index (χ1v) is 2.51. The second-order valence-corrected chi connectivity index (χ2v) is 1.57. The lowest BCUT2D eigenvalue weighted by Crippen LogP contribution is -1.87. The van der Waals surface area contributed by atoms with Crippen LogP contribution in [0.25, 0.3) is 0 Å². The summed E-state index contributed by atoms with van der Waals surface area (Å²) in [7, 11) is 1.82. The van der Waals surface area contributed by atoms with Crippen LogP contribution in [0, 0.1) is 6.42 Å². The van der Waals surface area contributed by atoms with E-state index in [1.54, 1.807) is 0 Å². The Morgan fingerprint density at radius 3 is 2.43 bits per heavy atom. The van der Waals surface area contributed by atoms with Gasteiger partial charge in [-0.15, -0.1) is 0 Å². The fraction of sp³-hybridized carbons (Fsp3) is 0.667. The molecule has 0 bridgehead atoms. The van der Waals surface area contributed by atoms with Crippen LogP contribution in [-0.2, 0) is 0 Å². The van der Waals surface area contributed by atoms with Gasteiger partial charge < -0.3 is 0 Å². The van der Waals surface area contributed by atoms with Crippen LogP contribution in [-0.4, -0.2) is 12.8 Å². The summed E-state index contributed by atoms with van der Waals surface area (Å²) in [6.45, 7) is 4.06. The van der Waals surface area contributed by atoms with E-state index in [2.05, 4.69) is 11.4 Å². The predicted molar refractivity (Wildman–Crippen MR) is 33.6 cm³/mol. The van der Waals surface area contributed by atoms with Crippen LogP contribution >= 0.6 is 0 Å². The highest BCUT2D eigenvalue weighted by Crippen LogP contribution is 1.86. The molecule has 0 aromatic rings. The van der Waals surface area contributed by atoms with E-state index in [4.69, 9.17) is 0 Å². The Labute approximate surface area is 45.5 Å². The molecule has 0 rings (SSSR count). The minimum absolute atomic E-state index is 1.02. The third kappa shape index (κ3) is 3.50. The minimum Gasteiger partial charge on any atom is -0.298 e. The minimum atomic E-state index is 1.02. The van der Waals surface area contributed by atoms with Gasteiger partial charge in [0, 0.05) is 12.8 Å². The zero-order valence-corrected chi connectivity index (χ0v) is 5.23. The summed E-state index contributed by atoms with van der Waals surface area (Å²) < 4.78 is 0. The molecule has 0 saturated carbocycles. The summed E-state index contributed by atoms with van der Waals surface area (Å²) in [6, 6.07) is 0. The summed E-state index contributed by atoms with van der Waals surface area (Å²) in [5.41, 5.74) is 1.20. The fourth-order valence-electron chi connectivity index (χ4n) is 0.387. The molecular formula is C6H12N. The maximum absolute atomic E-state index is 3.96. The van der Waals surface area contributed by atoms with Gasteiger partial charge >= 0.3 is 0 Å². The number of rotatable bonds is 2. The van der Waals surface area contributed by atoms with Crippen LogP contribution in [0.15, 0.2) is 4.99 Å². The van der Waals surface area contributed by atoms with E-state index in [1.165, 1.54) is 5.71 Å². The zero-order chi connectivity index (χ0) is 5.70. The highest BCUT2D eigenvalue weighted by molar-refractivity contribution is 5.82.